The van der Waals surface area contributed by atoms with E-state index in [1.165, 1.54) is 6.92 Å². The first-order valence-electron chi connectivity index (χ1n) is 3.98. The van der Waals surface area contributed by atoms with Crippen LogP contribution < -0.4 is 0 Å². The molecule has 1 aliphatic heterocycles. The Morgan fingerprint density at radius 1 is 1.54 bits per heavy atom. The molecule has 1 rings (SSSR count). The van der Waals surface area contributed by atoms with Crippen LogP contribution in [0.4, 0.5) is 0 Å². The summed E-state index contributed by atoms with van der Waals surface area (Å²) >= 11 is 0. The second kappa shape index (κ2) is 3.63. The summed E-state index contributed by atoms with van der Waals surface area (Å²) < 4.78 is 25.8. The van der Waals surface area contributed by atoms with Crippen LogP contribution >= 0.6 is 0 Å². The first-order chi connectivity index (χ1) is 5.88. The van der Waals surface area contributed by atoms with Gasteiger partial charge in [0.1, 0.15) is 0 Å². The molecule has 1 saturated heterocycles. The molecular formula is C7H13NO4S. The van der Waals surface area contributed by atoms with Crippen molar-refractivity contribution in [2.75, 3.05) is 26.0 Å². The Balaban J connectivity index is 2.19. The SMILES string of the molecule is CC(=O)N1CC(COS(C)(=O)=O)C1. The van der Waals surface area contributed by atoms with Crippen molar-refractivity contribution < 1.29 is 17.4 Å². The molecule has 0 spiro atoms. The number of amides is 1. The fourth-order valence-electron chi connectivity index (χ4n) is 1.15. The van der Waals surface area contributed by atoms with Crippen LogP contribution in [0.25, 0.3) is 0 Å². The molecule has 1 heterocycles. The molecule has 0 N–H and O–H groups in total. The van der Waals surface area contributed by atoms with Crippen LogP contribution in [0.5, 0.6) is 0 Å². The molecule has 0 unspecified atom stereocenters. The van der Waals surface area contributed by atoms with Gasteiger partial charge in [-0.1, -0.05) is 0 Å². The van der Waals surface area contributed by atoms with E-state index in [0.717, 1.165) is 6.26 Å². The van der Waals surface area contributed by atoms with Gasteiger partial charge in [0.15, 0.2) is 0 Å². The van der Waals surface area contributed by atoms with Gasteiger partial charge in [-0.05, 0) is 0 Å². The summed E-state index contributed by atoms with van der Waals surface area (Å²) in [5, 5.41) is 0. The van der Waals surface area contributed by atoms with Crippen LogP contribution in [-0.4, -0.2) is 45.2 Å². The zero-order valence-electron chi connectivity index (χ0n) is 7.69. The second-order valence-electron chi connectivity index (χ2n) is 3.28. The Morgan fingerprint density at radius 3 is 2.46 bits per heavy atom. The third-order valence-corrected chi connectivity index (χ3v) is 2.48. The Kier molecular flexibility index (Phi) is 2.92. The van der Waals surface area contributed by atoms with Crippen molar-refractivity contribution in [1.82, 2.24) is 4.90 Å². The van der Waals surface area contributed by atoms with Gasteiger partial charge in [-0.2, -0.15) is 8.42 Å². The smallest absolute Gasteiger partial charge is 0.264 e. The molecule has 0 bridgehead atoms. The number of carbonyl (C=O) groups excluding carboxylic acids is 1. The van der Waals surface area contributed by atoms with Gasteiger partial charge in [-0.25, -0.2) is 0 Å². The van der Waals surface area contributed by atoms with Gasteiger partial charge >= 0.3 is 0 Å². The van der Waals surface area contributed by atoms with Gasteiger partial charge in [0, 0.05) is 25.9 Å². The highest BCUT2D eigenvalue weighted by atomic mass is 32.2. The average Bonchev–Trinajstić information content (AvgIpc) is 1.79. The molecule has 13 heavy (non-hydrogen) atoms. The highest BCUT2D eigenvalue weighted by Crippen LogP contribution is 2.15. The van der Waals surface area contributed by atoms with Crippen molar-refractivity contribution >= 4 is 16.0 Å². The third-order valence-electron chi connectivity index (χ3n) is 1.92. The summed E-state index contributed by atoms with van der Waals surface area (Å²) in [6.45, 7) is 2.88. The molecule has 0 aromatic carbocycles. The van der Waals surface area contributed by atoms with E-state index in [1.807, 2.05) is 0 Å². The quantitative estimate of drug-likeness (QED) is 0.582. The molecule has 0 aromatic rings. The van der Waals surface area contributed by atoms with Crippen LogP contribution in [0.3, 0.4) is 0 Å². The molecule has 0 radical (unpaired) electrons. The zero-order chi connectivity index (χ0) is 10.1. The van der Waals surface area contributed by atoms with E-state index < -0.39 is 10.1 Å². The van der Waals surface area contributed by atoms with Crippen molar-refractivity contribution in [2.45, 2.75) is 6.92 Å². The summed E-state index contributed by atoms with van der Waals surface area (Å²) in [5.41, 5.74) is 0. The van der Waals surface area contributed by atoms with Gasteiger partial charge in [-0.15, -0.1) is 0 Å². The summed E-state index contributed by atoms with van der Waals surface area (Å²) in [5.74, 6) is 0.189. The lowest BCUT2D eigenvalue weighted by Gasteiger charge is -2.38. The van der Waals surface area contributed by atoms with E-state index in [1.54, 1.807) is 4.90 Å². The number of rotatable bonds is 3. The van der Waals surface area contributed by atoms with E-state index in [-0.39, 0.29) is 18.4 Å². The Labute approximate surface area is 77.8 Å². The summed E-state index contributed by atoms with van der Waals surface area (Å²) in [7, 11) is -3.34. The topological polar surface area (TPSA) is 63.7 Å². The van der Waals surface area contributed by atoms with Crippen LogP contribution in [0.1, 0.15) is 6.92 Å². The number of carbonyl (C=O) groups is 1. The van der Waals surface area contributed by atoms with E-state index >= 15 is 0 Å². The number of hydrogen-bond acceptors (Lipinski definition) is 4. The minimum atomic E-state index is -3.34. The normalized spacial score (nSPS) is 18.5. The molecule has 0 aliphatic carbocycles. The Morgan fingerprint density at radius 2 is 2.08 bits per heavy atom. The van der Waals surface area contributed by atoms with Crippen molar-refractivity contribution in [2.24, 2.45) is 5.92 Å². The first kappa shape index (κ1) is 10.5. The van der Waals surface area contributed by atoms with E-state index in [4.69, 9.17) is 0 Å². The molecule has 0 saturated carbocycles. The average molecular weight is 207 g/mol. The predicted octanol–water partition coefficient (Wildman–Crippen LogP) is -0.559. The lowest BCUT2D eigenvalue weighted by Crippen LogP contribution is -2.50. The lowest BCUT2D eigenvalue weighted by atomic mass is 10.0. The van der Waals surface area contributed by atoms with Crippen molar-refractivity contribution in [3.05, 3.63) is 0 Å². The molecule has 1 fully saturated rings. The zero-order valence-corrected chi connectivity index (χ0v) is 8.50. The Bertz CT molecular complexity index is 292. The van der Waals surface area contributed by atoms with Crippen LogP contribution in [0.15, 0.2) is 0 Å². The fourth-order valence-corrected chi connectivity index (χ4v) is 1.59. The number of hydrogen-bond donors (Lipinski definition) is 0. The van der Waals surface area contributed by atoms with Crippen molar-refractivity contribution in [3.63, 3.8) is 0 Å². The molecule has 0 aromatic heterocycles. The summed E-state index contributed by atoms with van der Waals surface area (Å²) in [6, 6.07) is 0. The fraction of sp³-hybridized carbons (Fsp3) is 0.857. The van der Waals surface area contributed by atoms with E-state index in [9.17, 15) is 13.2 Å². The predicted molar refractivity (Wildman–Crippen MR) is 46.5 cm³/mol. The van der Waals surface area contributed by atoms with E-state index in [0.29, 0.717) is 13.1 Å². The molecule has 0 atom stereocenters. The summed E-state index contributed by atoms with van der Waals surface area (Å²) in [6.07, 6.45) is 1.02. The third kappa shape index (κ3) is 3.31. The minimum Gasteiger partial charge on any atom is -0.342 e. The number of nitrogens with zero attached hydrogens (tertiary/aromatic N) is 1. The molecule has 6 heteroatoms. The highest BCUT2D eigenvalue weighted by Gasteiger charge is 2.29. The summed E-state index contributed by atoms with van der Waals surface area (Å²) in [4.78, 5) is 12.4. The van der Waals surface area contributed by atoms with Crippen LogP contribution in [-0.2, 0) is 19.1 Å². The molecule has 76 valence electrons. The molecular weight excluding hydrogens is 194 g/mol. The minimum absolute atomic E-state index is 0.0237. The lowest BCUT2D eigenvalue weighted by molar-refractivity contribution is -0.135. The van der Waals surface area contributed by atoms with Crippen LogP contribution in [0, 0.1) is 5.92 Å². The van der Waals surface area contributed by atoms with Crippen LogP contribution in [0.2, 0.25) is 0 Å². The highest BCUT2D eigenvalue weighted by molar-refractivity contribution is 7.85. The standard InChI is InChI=1S/C7H13NO4S/c1-6(9)8-3-7(4-8)5-12-13(2,10)11/h7H,3-5H2,1-2H3. The van der Waals surface area contributed by atoms with Crippen molar-refractivity contribution in [3.8, 4) is 0 Å². The molecule has 5 nitrogen and oxygen atoms in total. The maximum atomic E-state index is 10.7. The second-order valence-corrected chi connectivity index (χ2v) is 4.92. The molecule has 1 aliphatic rings. The van der Waals surface area contributed by atoms with Gasteiger partial charge < -0.3 is 4.90 Å². The van der Waals surface area contributed by atoms with Gasteiger partial charge in [0.05, 0.1) is 12.9 Å². The maximum absolute atomic E-state index is 10.7. The van der Waals surface area contributed by atoms with Gasteiger partial charge in [0.2, 0.25) is 5.91 Å². The van der Waals surface area contributed by atoms with Gasteiger partial charge in [-0.3, -0.25) is 8.98 Å². The maximum Gasteiger partial charge on any atom is 0.264 e. The monoisotopic (exact) mass is 207 g/mol. The van der Waals surface area contributed by atoms with E-state index in [2.05, 4.69) is 4.18 Å². The first-order valence-corrected chi connectivity index (χ1v) is 5.80. The largest absolute Gasteiger partial charge is 0.342 e. The number of likely N-dealkylation sites (tertiary alicyclic amines) is 1. The Hall–Kier alpha value is -0.620. The van der Waals surface area contributed by atoms with Gasteiger partial charge in [0.25, 0.3) is 10.1 Å². The molecule has 1 amide bonds. The van der Waals surface area contributed by atoms with Crippen molar-refractivity contribution in [1.29, 1.82) is 0 Å².